The number of ether oxygens (including phenoxy) is 1. The molecule has 1 aromatic carbocycles. The minimum Gasteiger partial charge on any atom is -0.394 e. The molecule has 0 radical (unpaired) electrons. The van der Waals surface area contributed by atoms with E-state index in [9.17, 15) is 19.5 Å². The molecule has 4 aliphatic heterocycles. The number of hydrogen-bond acceptors (Lipinski definition) is 5. The van der Waals surface area contributed by atoms with Gasteiger partial charge in [0.1, 0.15) is 11.6 Å². The lowest BCUT2D eigenvalue weighted by molar-refractivity contribution is -0.147. The molecule has 0 bridgehead atoms. The van der Waals surface area contributed by atoms with Gasteiger partial charge in [-0.2, -0.15) is 0 Å². The topological polar surface area (TPSA) is 90.4 Å². The third-order valence-electron chi connectivity index (χ3n) is 7.89. The molecule has 36 heavy (non-hydrogen) atoms. The van der Waals surface area contributed by atoms with Crippen LogP contribution in [0.3, 0.4) is 0 Å². The van der Waals surface area contributed by atoms with E-state index in [0.29, 0.717) is 30.2 Å². The second-order valence-electron chi connectivity index (χ2n) is 9.87. The fraction of sp³-hybridized carbons (Fsp3) is 0.519. The number of halogens is 1. The van der Waals surface area contributed by atoms with Crippen LogP contribution in [-0.4, -0.2) is 82.7 Å². The molecule has 192 valence electrons. The zero-order valence-electron chi connectivity index (χ0n) is 20.5. The average Bonchev–Trinajstić information content (AvgIpc) is 3.19. The van der Waals surface area contributed by atoms with E-state index < -0.39 is 35.6 Å². The Morgan fingerprint density at radius 3 is 2.50 bits per heavy atom. The lowest BCUT2D eigenvalue weighted by atomic mass is 9.77. The summed E-state index contributed by atoms with van der Waals surface area (Å²) in [5, 5.41) is 10.7. The molecular weight excluding hydrogens is 482 g/mol. The molecule has 0 aliphatic carbocycles. The molecule has 1 unspecified atom stereocenters. The van der Waals surface area contributed by atoms with Crippen LogP contribution < -0.4 is 4.90 Å². The van der Waals surface area contributed by atoms with Gasteiger partial charge >= 0.3 is 0 Å². The predicted molar refractivity (Wildman–Crippen MR) is 135 cm³/mol. The highest BCUT2D eigenvalue weighted by molar-refractivity contribution is 6.30. The summed E-state index contributed by atoms with van der Waals surface area (Å²) in [6.45, 7) is 4.93. The summed E-state index contributed by atoms with van der Waals surface area (Å²) in [4.78, 5) is 47.0. The number of amides is 3. The standard InChI is InChI=1S/C27H32ClN3O5/c1-3-13-29-14-5-7-20-21(24(29)33)22-25(34)31(18(4-2)16-32)23-26(35)30(15-6-12-27(22,23)36-20)19-10-8-17(28)9-11-19/h5-12,18,20-23,32H,3-4,13-16H2,1-2H3/t18-,20+,21-,22-,23?,27-/m0/s1. The number of aliphatic hydroxyl groups excluding tert-OH is 1. The Balaban J connectivity index is 1.63. The largest absolute Gasteiger partial charge is 0.394 e. The molecule has 1 aromatic rings. The first-order valence-corrected chi connectivity index (χ1v) is 13.1. The number of hydrogen-bond donors (Lipinski definition) is 1. The van der Waals surface area contributed by atoms with E-state index in [1.165, 1.54) is 4.90 Å². The maximum Gasteiger partial charge on any atom is 0.253 e. The van der Waals surface area contributed by atoms with Crippen LogP contribution >= 0.6 is 11.6 Å². The highest BCUT2D eigenvalue weighted by Gasteiger charge is 2.72. The zero-order chi connectivity index (χ0) is 25.6. The van der Waals surface area contributed by atoms with Crippen LogP contribution in [0.4, 0.5) is 5.69 Å². The van der Waals surface area contributed by atoms with Gasteiger partial charge < -0.3 is 24.5 Å². The van der Waals surface area contributed by atoms with Crippen molar-refractivity contribution in [1.29, 1.82) is 0 Å². The second-order valence-corrected chi connectivity index (χ2v) is 10.3. The molecule has 4 heterocycles. The third kappa shape index (κ3) is 3.69. The summed E-state index contributed by atoms with van der Waals surface area (Å²) >= 11 is 6.07. The van der Waals surface area contributed by atoms with Gasteiger partial charge in [-0.15, -0.1) is 0 Å². The Morgan fingerprint density at radius 1 is 1.08 bits per heavy atom. The van der Waals surface area contributed by atoms with Crippen LogP contribution in [0.5, 0.6) is 0 Å². The average molecular weight is 514 g/mol. The summed E-state index contributed by atoms with van der Waals surface area (Å²) < 4.78 is 6.62. The lowest BCUT2D eigenvalue weighted by Crippen LogP contribution is -2.58. The number of carbonyl (C=O) groups excluding carboxylic acids is 3. The molecule has 1 spiro atoms. The molecule has 9 heteroatoms. The normalized spacial score (nSPS) is 32.3. The highest BCUT2D eigenvalue weighted by atomic mass is 35.5. The van der Waals surface area contributed by atoms with Gasteiger partial charge in [-0.1, -0.05) is 49.8 Å². The Bertz CT molecular complexity index is 1100. The quantitative estimate of drug-likeness (QED) is 0.590. The molecule has 2 saturated heterocycles. The molecule has 6 atom stereocenters. The van der Waals surface area contributed by atoms with Crippen molar-refractivity contribution in [2.45, 2.75) is 50.5 Å². The first-order valence-electron chi connectivity index (χ1n) is 12.7. The van der Waals surface area contributed by atoms with E-state index in [1.54, 1.807) is 34.1 Å². The molecule has 8 nitrogen and oxygen atoms in total. The summed E-state index contributed by atoms with van der Waals surface area (Å²) in [6.07, 6.45) is 8.10. The van der Waals surface area contributed by atoms with E-state index in [1.807, 2.05) is 38.2 Å². The van der Waals surface area contributed by atoms with Gasteiger partial charge in [0.05, 0.1) is 30.6 Å². The third-order valence-corrected chi connectivity index (χ3v) is 8.14. The van der Waals surface area contributed by atoms with Gasteiger partial charge in [0.2, 0.25) is 11.8 Å². The number of nitrogens with zero attached hydrogens (tertiary/aromatic N) is 3. The van der Waals surface area contributed by atoms with E-state index in [2.05, 4.69) is 0 Å². The first kappa shape index (κ1) is 25.0. The maximum absolute atomic E-state index is 14.2. The van der Waals surface area contributed by atoms with Crippen molar-refractivity contribution < 1.29 is 24.2 Å². The van der Waals surface area contributed by atoms with Gasteiger partial charge in [0.15, 0.2) is 0 Å². The second kappa shape index (κ2) is 9.65. The molecule has 3 amide bonds. The van der Waals surface area contributed by atoms with Gasteiger partial charge in [-0.3, -0.25) is 14.4 Å². The van der Waals surface area contributed by atoms with Crippen LogP contribution in [0, 0.1) is 11.8 Å². The van der Waals surface area contributed by atoms with Crippen molar-refractivity contribution in [3.8, 4) is 0 Å². The molecule has 2 fully saturated rings. The number of likely N-dealkylation sites (tertiary alicyclic amines) is 1. The fourth-order valence-corrected chi connectivity index (χ4v) is 6.39. The first-order chi connectivity index (χ1) is 17.4. The Labute approximate surface area is 216 Å². The maximum atomic E-state index is 14.2. The Morgan fingerprint density at radius 2 is 1.83 bits per heavy atom. The van der Waals surface area contributed by atoms with Crippen LogP contribution in [0.15, 0.2) is 48.6 Å². The fourth-order valence-electron chi connectivity index (χ4n) is 6.26. The molecule has 4 aliphatic rings. The number of anilines is 1. The number of aliphatic hydroxyl groups is 1. The van der Waals surface area contributed by atoms with Crippen LogP contribution in [0.2, 0.25) is 5.02 Å². The summed E-state index contributed by atoms with van der Waals surface area (Å²) in [6, 6.07) is 5.39. The SMILES string of the molecule is CCCN1CC=C[C@H]2O[C@]34C=CCN(c5ccc(Cl)cc5)C(=O)C3N([C@@H](CC)CO)C(=O)[C@@H]4[C@H]2C1=O. The molecular formula is C27H32ClN3O5. The van der Waals surface area contributed by atoms with E-state index in [-0.39, 0.29) is 30.9 Å². The van der Waals surface area contributed by atoms with Gasteiger partial charge in [0, 0.05) is 30.3 Å². The minimum atomic E-state index is -1.30. The van der Waals surface area contributed by atoms with Crippen molar-refractivity contribution in [2.75, 3.05) is 31.1 Å². The Hall–Kier alpha value is -2.68. The van der Waals surface area contributed by atoms with Gasteiger partial charge in [-0.05, 0) is 37.1 Å². The van der Waals surface area contributed by atoms with Crippen LogP contribution in [-0.2, 0) is 19.1 Å². The van der Waals surface area contributed by atoms with Crippen molar-refractivity contribution in [2.24, 2.45) is 11.8 Å². The molecule has 5 rings (SSSR count). The predicted octanol–water partition coefficient (Wildman–Crippen LogP) is 2.40. The molecule has 0 saturated carbocycles. The zero-order valence-corrected chi connectivity index (χ0v) is 21.3. The van der Waals surface area contributed by atoms with Gasteiger partial charge in [0.25, 0.3) is 5.91 Å². The van der Waals surface area contributed by atoms with Crippen molar-refractivity contribution in [3.05, 3.63) is 53.6 Å². The Kier molecular flexibility index (Phi) is 6.70. The minimum absolute atomic E-state index is 0.126. The number of benzene rings is 1. The highest BCUT2D eigenvalue weighted by Crippen LogP contribution is 2.54. The van der Waals surface area contributed by atoms with E-state index in [0.717, 1.165) is 6.42 Å². The van der Waals surface area contributed by atoms with Crippen molar-refractivity contribution >= 4 is 35.0 Å². The number of carbonyl (C=O) groups is 3. The molecule has 0 aromatic heterocycles. The smallest absolute Gasteiger partial charge is 0.253 e. The van der Waals surface area contributed by atoms with E-state index in [4.69, 9.17) is 16.3 Å². The monoisotopic (exact) mass is 513 g/mol. The summed E-state index contributed by atoms with van der Waals surface area (Å²) in [5.41, 5.74) is -0.654. The lowest BCUT2D eigenvalue weighted by Gasteiger charge is -2.38. The number of fused-ring (bicyclic) bond motifs is 2. The van der Waals surface area contributed by atoms with Crippen LogP contribution in [0.25, 0.3) is 0 Å². The van der Waals surface area contributed by atoms with E-state index >= 15 is 0 Å². The van der Waals surface area contributed by atoms with Crippen molar-refractivity contribution in [1.82, 2.24) is 9.80 Å². The van der Waals surface area contributed by atoms with Gasteiger partial charge in [-0.25, -0.2) is 0 Å². The van der Waals surface area contributed by atoms with Crippen molar-refractivity contribution in [3.63, 3.8) is 0 Å². The molecule has 1 N–H and O–H groups in total. The summed E-state index contributed by atoms with van der Waals surface area (Å²) in [7, 11) is 0. The summed E-state index contributed by atoms with van der Waals surface area (Å²) in [5.74, 6) is -2.33. The number of rotatable bonds is 6. The van der Waals surface area contributed by atoms with Crippen LogP contribution in [0.1, 0.15) is 26.7 Å².